The Balaban J connectivity index is 1.41. The molecule has 0 aliphatic heterocycles. The van der Waals surface area contributed by atoms with Gasteiger partial charge in [0.15, 0.2) is 0 Å². The summed E-state index contributed by atoms with van der Waals surface area (Å²) in [6.07, 6.45) is 0. The fraction of sp³-hybridized carbons (Fsp3) is 0. The molecule has 0 N–H and O–H groups in total. The van der Waals surface area contributed by atoms with E-state index in [1.54, 1.807) is 0 Å². The molecule has 0 unspecified atom stereocenters. The quantitative estimate of drug-likeness (QED) is 0.179. The molecular weight excluding hydrogens is 562 g/mol. The van der Waals surface area contributed by atoms with Crippen molar-refractivity contribution in [1.29, 1.82) is 0 Å². The second-order valence-electron chi connectivity index (χ2n) is 12.0. The van der Waals surface area contributed by atoms with Gasteiger partial charge in [-0.25, -0.2) is 0 Å². The molecule has 1 aliphatic rings. The van der Waals surface area contributed by atoms with Gasteiger partial charge < -0.3 is 8.98 Å². The lowest BCUT2D eigenvalue weighted by molar-refractivity contribution is 0.660. The molecule has 0 saturated carbocycles. The van der Waals surface area contributed by atoms with Crippen molar-refractivity contribution >= 4 is 43.7 Å². The zero-order chi connectivity index (χ0) is 30.4. The van der Waals surface area contributed by atoms with Gasteiger partial charge in [-0.15, -0.1) is 0 Å². The van der Waals surface area contributed by atoms with E-state index in [4.69, 9.17) is 4.42 Å². The van der Waals surface area contributed by atoms with Crippen LogP contribution >= 0.6 is 0 Å². The summed E-state index contributed by atoms with van der Waals surface area (Å²) >= 11 is 0. The first kappa shape index (κ1) is 25.2. The molecule has 0 bridgehead atoms. The van der Waals surface area contributed by atoms with Crippen LogP contribution in [0, 0.1) is 0 Å². The highest BCUT2D eigenvalue weighted by atomic mass is 16.3. The number of para-hydroxylation sites is 3. The third-order valence-electron chi connectivity index (χ3n) is 9.57. The fourth-order valence-electron chi connectivity index (χ4n) is 7.60. The lowest BCUT2D eigenvalue weighted by Gasteiger charge is -2.26. The van der Waals surface area contributed by atoms with Crippen LogP contribution < -0.4 is 5.43 Å². The van der Waals surface area contributed by atoms with E-state index < -0.39 is 0 Å². The van der Waals surface area contributed by atoms with Gasteiger partial charge in [-0.2, -0.15) is 0 Å². The number of hydrogen-bond donors (Lipinski definition) is 0. The van der Waals surface area contributed by atoms with Crippen molar-refractivity contribution in [3.63, 3.8) is 0 Å². The van der Waals surface area contributed by atoms with Gasteiger partial charge in [0, 0.05) is 16.3 Å². The molecule has 214 valence electrons. The second kappa shape index (κ2) is 9.40. The van der Waals surface area contributed by atoms with Crippen molar-refractivity contribution < 1.29 is 4.42 Å². The van der Waals surface area contributed by atoms with Crippen LogP contribution in [0.1, 0.15) is 0 Å². The maximum absolute atomic E-state index is 14.0. The molecule has 0 atom stereocenters. The minimum Gasteiger partial charge on any atom is -0.456 e. The van der Waals surface area contributed by atoms with E-state index in [0.717, 1.165) is 55.7 Å². The predicted molar refractivity (Wildman–Crippen MR) is 190 cm³/mol. The molecule has 2 aromatic heterocycles. The summed E-state index contributed by atoms with van der Waals surface area (Å²) in [6.45, 7) is 0. The standard InChI is InChI=1S/C43H25NO2/c45-43-33-18-7-10-23-40(33)46-41-25-35-28-14-2-1-12-26(28)27-13-3-4-17-31(27)42-32(34(35)24-36(41)43)19-11-22-39(42)44-37-20-8-5-15-29(37)30-16-6-9-21-38(30)44/h1-25H. The molecule has 7 aromatic carbocycles. The van der Waals surface area contributed by atoms with Gasteiger partial charge in [-0.1, -0.05) is 109 Å². The van der Waals surface area contributed by atoms with Gasteiger partial charge in [0.25, 0.3) is 0 Å². The maximum atomic E-state index is 14.0. The van der Waals surface area contributed by atoms with Crippen molar-refractivity contribution in [2.75, 3.05) is 0 Å². The second-order valence-corrected chi connectivity index (χ2v) is 12.0. The highest BCUT2D eigenvalue weighted by Gasteiger charge is 2.26. The first-order chi connectivity index (χ1) is 22.8. The van der Waals surface area contributed by atoms with E-state index in [0.29, 0.717) is 21.9 Å². The van der Waals surface area contributed by atoms with E-state index in [-0.39, 0.29) is 5.43 Å². The fourth-order valence-corrected chi connectivity index (χ4v) is 7.60. The smallest absolute Gasteiger partial charge is 0.200 e. The zero-order valence-corrected chi connectivity index (χ0v) is 24.7. The molecule has 10 rings (SSSR count). The molecule has 2 heterocycles. The van der Waals surface area contributed by atoms with Crippen molar-refractivity contribution in [1.82, 2.24) is 4.57 Å². The molecular formula is C43H25NO2. The highest BCUT2D eigenvalue weighted by molar-refractivity contribution is 6.12. The summed E-state index contributed by atoms with van der Waals surface area (Å²) in [4.78, 5) is 14.0. The number of fused-ring (bicyclic) bond motifs is 13. The first-order valence-electron chi connectivity index (χ1n) is 15.6. The summed E-state index contributed by atoms with van der Waals surface area (Å²) in [5.74, 6) is 0. The van der Waals surface area contributed by atoms with Crippen LogP contribution in [0.2, 0.25) is 0 Å². The first-order valence-corrected chi connectivity index (χ1v) is 15.6. The van der Waals surface area contributed by atoms with E-state index in [9.17, 15) is 4.79 Å². The molecule has 1 aliphatic carbocycles. The Labute approximate surface area is 264 Å². The third kappa shape index (κ3) is 3.40. The van der Waals surface area contributed by atoms with Gasteiger partial charge in [-0.05, 0) is 81.4 Å². The van der Waals surface area contributed by atoms with Crippen LogP contribution in [0.4, 0.5) is 0 Å². The number of aromatic nitrogens is 1. The van der Waals surface area contributed by atoms with E-state index in [2.05, 4.69) is 132 Å². The Hall–Kier alpha value is -6.19. The summed E-state index contributed by atoms with van der Waals surface area (Å²) < 4.78 is 8.81. The largest absolute Gasteiger partial charge is 0.456 e. The SMILES string of the molecule is O=c1c2ccccc2oc2cc3c(cc12)-c1cccc(-n2c4ccccc4c4ccccc42)c1-c1ccccc1-c1ccccc1-3. The minimum absolute atomic E-state index is 0.0181. The van der Waals surface area contributed by atoms with Crippen molar-refractivity contribution in [3.05, 3.63) is 162 Å². The van der Waals surface area contributed by atoms with E-state index in [1.165, 1.54) is 16.3 Å². The van der Waals surface area contributed by atoms with Crippen molar-refractivity contribution in [2.45, 2.75) is 0 Å². The van der Waals surface area contributed by atoms with E-state index in [1.807, 2.05) is 24.3 Å². The molecule has 0 spiro atoms. The highest BCUT2D eigenvalue weighted by Crippen LogP contribution is 2.51. The number of hydrogen-bond acceptors (Lipinski definition) is 2. The van der Waals surface area contributed by atoms with Crippen LogP contribution in [-0.4, -0.2) is 4.57 Å². The lowest BCUT2D eigenvalue weighted by Crippen LogP contribution is -2.05. The summed E-state index contributed by atoms with van der Waals surface area (Å²) in [5.41, 5.74) is 13.4. The van der Waals surface area contributed by atoms with Crippen molar-refractivity contribution in [3.8, 4) is 50.2 Å². The van der Waals surface area contributed by atoms with Gasteiger partial charge in [-0.3, -0.25) is 4.79 Å². The average molecular weight is 588 g/mol. The molecule has 0 radical (unpaired) electrons. The molecule has 0 amide bonds. The molecule has 46 heavy (non-hydrogen) atoms. The van der Waals surface area contributed by atoms with Gasteiger partial charge in [0.05, 0.1) is 27.5 Å². The monoisotopic (exact) mass is 587 g/mol. The normalized spacial score (nSPS) is 12.0. The van der Waals surface area contributed by atoms with Crippen LogP contribution in [0.25, 0.3) is 93.9 Å². The molecule has 9 aromatic rings. The third-order valence-corrected chi connectivity index (χ3v) is 9.57. The van der Waals surface area contributed by atoms with Gasteiger partial charge >= 0.3 is 0 Å². The topological polar surface area (TPSA) is 35.1 Å². The van der Waals surface area contributed by atoms with E-state index >= 15 is 0 Å². The maximum Gasteiger partial charge on any atom is 0.200 e. The van der Waals surface area contributed by atoms with Gasteiger partial charge in [0.2, 0.25) is 5.43 Å². The Morgan fingerprint density at radius 2 is 0.913 bits per heavy atom. The molecule has 0 saturated heterocycles. The molecule has 0 fully saturated rings. The van der Waals surface area contributed by atoms with Crippen molar-refractivity contribution in [2.24, 2.45) is 0 Å². The van der Waals surface area contributed by atoms with Crippen LogP contribution in [0.5, 0.6) is 0 Å². The predicted octanol–water partition coefficient (Wildman–Crippen LogP) is 11.0. The summed E-state index contributed by atoms with van der Waals surface area (Å²) in [7, 11) is 0. The minimum atomic E-state index is -0.0181. The molecule has 3 heteroatoms. The number of rotatable bonds is 1. The number of benzene rings is 7. The zero-order valence-electron chi connectivity index (χ0n) is 24.7. The summed E-state index contributed by atoms with van der Waals surface area (Å²) in [6, 6.07) is 52.7. The van der Waals surface area contributed by atoms with Gasteiger partial charge in [0.1, 0.15) is 11.2 Å². The van der Waals surface area contributed by atoms with Crippen LogP contribution in [0.3, 0.4) is 0 Å². The Morgan fingerprint density at radius 3 is 1.63 bits per heavy atom. The number of nitrogens with zero attached hydrogens (tertiary/aromatic N) is 1. The Kier molecular flexibility index (Phi) is 5.15. The molecule has 3 nitrogen and oxygen atoms in total. The Morgan fingerprint density at radius 1 is 0.391 bits per heavy atom. The van der Waals surface area contributed by atoms with Crippen LogP contribution in [0.15, 0.2) is 161 Å². The Bertz CT molecular complexity index is 2730. The lowest BCUT2D eigenvalue weighted by atomic mass is 9.80. The summed E-state index contributed by atoms with van der Waals surface area (Å²) in [5, 5.41) is 3.61. The average Bonchev–Trinajstić information content (AvgIpc) is 3.45. The van der Waals surface area contributed by atoms with Crippen LogP contribution in [-0.2, 0) is 0 Å².